The summed E-state index contributed by atoms with van der Waals surface area (Å²) in [7, 11) is 1.39. The molecule has 1 fully saturated rings. The van der Waals surface area contributed by atoms with Crippen LogP contribution in [0.3, 0.4) is 0 Å². The van der Waals surface area contributed by atoms with E-state index in [1.54, 1.807) is 0 Å². The Balaban J connectivity index is 1.65. The van der Waals surface area contributed by atoms with Crippen molar-refractivity contribution in [2.24, 2.45) is 0 Å². The lowest BCUT2D eigenvalue weighted by Crippen LogP contribution is -2.11. The predicted molar refractivity (Wildman–Crippen MR) is 60.1 cm³/mol. The maximum Gasteiger partial charge on any atom is 0.337 e. The molecule has 1 aromatic carbocycles. The predicted octanol–water partition coefficient (Wildman–Crippen LogP) is 1.95. The van der Waals surface area contributed by atoms with E-state index in [-0.39, 0.29) is 18.2 Å². The van der Waals surface area contributed by atoms with E-state index in [9.17, 15) is 4.79 Å². The first-order chi connectivity index (χ1) is 7.81. The van der Waals surface area contributed by atoms with Crippen molar-refractivity contribution in [2.75, 3.05) is 7.11 Å². The molecule has 3 heteroatoms. The van der Waals surface area contributed by atoms with Crippen LogP contribution in [0.1, 0.15) is 18.4 Å². The monoisotopic (exact) mass is 220 g/mol. The number of carbonyl (C=O) groups excluding carboxylic acids is 1. The summed E-state index contributed by atoms with van der Waals surface area (Å²) in [6.07, 6.45) is 2.78. The van der Waals surface area contributed by atoms with E-state index in [1.165, 1.54) is 12.7 Å². The van der Waals surface area contributed by atoms with Gasteiger partial charge in [-0.3, -0.25) is 0 Å². The van der Waals surface area contributed by atoms with Crippen LogP contribution < -0.4 is 0 Å². The van der Waals surface area contributed by atoms with Gasteiger partial charge in [0, 0.05) is 0 Å². The van der Waals surface area contributed by atoms with Gasteiger partial charge >= 0.3 is 5.97 Å². The summed E-state index contributed by atoms with van der Waals surface area (Å²) in [5, 5.41) is 0. The van der Waals surface area contributed by atoms with Crippen molar-refractivity contribution in [3.63, 3.8) is 0 Å². The first kappa shape index (κ1) is 11.1. The van der Waals surface area contributed by atoms with E-state index in [1.807, 2.05) is 18.2 Å². The largest absolute Gasteiger partial charge is 0.467 e. The van der Waals surface area contributed by atoms with Crippen LogP contribution in [0.4, 0.5) is 0 Å². The molecule has 0 aliphatic carbocycles. The molecule has 2 atom stereocenters. The van der Waals surface area contributed by atoms with Crippen molar-refractivity contribution in [3.8, 4) is 0 Å². The third-order valence-electron chi connectivity index (χ3n) is 2.81. The van der Waals surface area contributed by atoms with Gasteiger partial charge in [-0.15, -0.1) is 0 Å². The third-order valence-corrected chi connectivity index (χ3v) is 2.81. The first-order valence-corrected chi connectivity index (χ1v) is 5.58. The number of hydrogen-bond acceptors (Lipinski definition) is 3. The van der Waals surface area contributed by atoms with Crippen molar-refractivity contribution in [1.82, 2.24) is 0 Å². The number of carbonyl (C=O) groups is 1. The molecule has 0 spiro atoms. The summed E-state index contributed by atoms with van der Waals surface area (Å²) in [5.41, 5.74) is 1.33. The zero-order valence-corrected chi connectivity index (χ0v) is 9.39. The van der Waals surface area contributed by atoms with Gasteiger partial charge < -0.3 is 9.47 Å². The fourth-order valence-corrected chi connectivity index (χ4v) is 1.84. The van der Waals surface area contributed by atoms with Crippen molar-refractivity contribution in [2.45, 2.75) is 31.5 Å². The Morgan fingerprint density at radius 2 is 2.12 bits per heavy atom. The number of epoxide rings is 1. The van der Waals surface area contributed by atoms with Crippen LogP contribution in [0.5, 0.6) is 0 Å². The quantitative estimate of drug-likeness (QED) is 0.562. The summed E-state index contributed by atoms with van der Waals surface area (Å²) in [6.45, 7) is 0. The van der Waals surface area contributed by atoms with Gasteiger partial charge in [0.1, 0.15) is 0 Å². The van der Waals surface area contributed by atoms with Gasteiger partial charge in [-0.1, -0.05) is 30.3 Å². The van der Waals surface area contributed by atoms with Crippen molar-refractivity contribution < 1.29 is 14.3 Å². The highest BCUT2D eigenvalue weighted by atomic mass is 16.6. The lowest BCUT2D eigenvalue weighted by molar-refractivity contribution is -0.142. The zero-order valence-electron chi connectivity index (χ0n) is 9.39. The molecule has 0 amide bonds. The van der Waals surface area contributed by atoms with Crippen molar-refractivity contribution in [3.05, 3.63) is 35.9 Å². The molecule has 1 aromatic rings. The summed E-state index contributed by atoms with van der Waals surface area (Å²) in [4.78, 5) is 11.1. The highest BCUT2D eigenvalue weighted by Crippen LogP contribution is 2.28. The topological polar surface area (TPSA) is 38.8 Å². The smallest absolute Gasteiger partial charge is 0.337 e. The van der Waals surface area contributed by atoms with E-state index >= 15 is 0 Å². The number of benzene rings is 1. The SMILES string of the molecule is COC(=O)[C@H]1O[C@H]1CCCc1ccccc1. The summed E-state index contributed by atoms with van der Waals surface area (Å²) in [5.74, 6) is -0.246. The van der Waals surface area contributed by atoms with Crippen LogP contribution in [0.15, 0.2) is 30.3 Å². The minimum Gasteiger partial charge on any atom is -0.467 e. The lowest BCUT2D eigenvalue weighted by atomic mass is 10.1. The highest BCUT2D eigenvalue weighted by molar-refractivity contribution is 5.77. The average molecular weight is 220 g/mol. The van der Waals surface area contributed by atoms with E-state index in [2.05, 4.69) is 16.9 Å². The second-order valence-electron chi connectivity index (χ2n) is 4.00. The van der Waals surface area contributed by atoms with Crippen LogP contribution in [0.25, 0.3) is 0 Å². The van der Waals surface area contributed by atoms with E-state index in [4.69, 9.17) is 4.74 Å². The molecule has 2 rings (SSSR count). The number of rotatable bonds is 5. The Hall–Kier alpha value is -1.35. The second-order valence-corrected chi connectivity index (χ2v) is 4.00. The molecule has 0 aromatic heterocycles. The maximum absolute atomic E-state index is 11.1. The minimum absolute atomic E-state index is 0.0798. The number of esters is 1. The first-order valence-electron chi connectivity index (χ1n) is 5.58. The van der Waals surface area contributed by atoms with Gasteiger partial charge in [0.15, 0.2) is 6.10 Å². The minimum atomic E-state index is -0.305. The molecule has 1 aliphatic heterocycles. The van der Waals surface area contributed by atoms with Gasteiger partial charge in [-0.2, -0.15) is 0 Å². The molecule has 3 nitrogen and oxygen atoms in total. The molecule has 86 valence electrons. The van der Waals surface area contributed by atoms with Crippen LogP contribution >= 0.6 is 0 Å². The summed E-state index contributed by atoms with van der Waals surface area (Å²) >= 11 is 0. The molecule has 1 saturated heterocycles. The summed E-state index contributed by atoms with van der Waals surface area (Å²) < 4.78 is 9.84. The average Bonchev–Trinajstić information content (AvgIpc) is 3.09. The van der Waals surface area contributed by atoms with Gasteiger partial charge in [-0.25, -0.2) is 4.79 Å². The highest BCUT2D eigenvalue weighted by Gasteiger charge is 2.45. The van der Waals surface area contributed by atoms with Crippen LogP contribution in [0.2, 0.25) is 0 Å². The molecule has 0 N–H and O–H groups in total. The molecule has 1 aliphatic rings. The third kappa shape index (κ3) is 2.83. The van der Waals surface area contributed by atoms with Crippen LogP contribution in [-0.2, 0) is 20.7 Å². The van der Waals surface area contributed by atoms with Gasteiger partial charge in [-0.05, 0) is 24.8 Å². The maximum atomic E-state index is 11.1. The van der Waals surface area contributed by atoms with Gasteiger partial charge in [0.25, 0.3) is 0 Å². The van der Waals surface area contributed by atoms with Crippen LogP contribution in [0, 0.1) is 0 Å². The number of aryl methyl sites for hydroxylation is 1. The molecule has 0 saturated carbocycles. The number of methoxy groups -OCH3 is 1. The molecule has 0 bridgehead atoms. The fraction of sp³-hybridized carbons (Fsp3) is 0.462. The Morgan fingerprint density at radius 3 is 2.81 bits per heavy atom. The molecule has 1 heterocycles. The van der Waals surface area contributed by atoms with Crippen LogP contribution in [-0.4, -0.2) is 25.3 Å². The zero-order chi connectivity index (χ0) is 11.4. The van der Waals surface area contributed by atoms with Gasteiger partial charge in [0.05, 0.1) is 13.2 Å². The summed E-state index contributed by atoms with van der Waals surface area (Å²) in [6, 6.07) is 10.3. The second kappa shape index (κ2) is 5.12. The van der Waals surface area contributed by atoms with E-state index in [0.29, 0.717) is 0 Å². The van der Waals surface area contributed by atoms with E-state index in [0.717, 1.165) is 19.3 Å². The Bertz CT molecular complexity index is 347. The van der Waals surface area contributed by atoms with Gasteiger partial charge in [0.2, 0.25) is 0 Å². The van der Waals surface area contributed by atoms with E-state index < -0.39 is 0 Å². The molecular formula is C13H16O3. The Kier molecular flexibility index (Phi) is 3.57. The molecule has 0 unspecified atom stereocenters. The molecular weight excluding hydrogens is 204 g/mol. The van der Waals surface area contributed by atoms with Crippen molar-refractivity contribution >= 4 is 5.97 Å². The Morgan fingerprint density at radius 1 is 1.38 bits per heavy atom. The lowest BCUT2D eigenvalue weighted by Gasteiger charge is -1.99. The molecule has 0 radical (unpaired) electrons. The number of hydrogen-bond donors (Lipinski definition) is 0. The van der Waals surface area contributed by atoms with Crippen molar-refractivity contribution in [1.29, 1.82) is 0 Å². The normalized spacial score (nSPS) is 22.8. The molecule has 16 heavy (non-hydrogen) atoms. The number of ether oxygens (including phenoxy) is 2. The standard InChI is InChI=1S/C13H16O3/c1-15-13(14)12-11(16-12)9-5-8-10-6-3-2-4-7-10/h2-4,6-7,11-12H,5,8-9H2,1H3/t11-,12-/m0/s1. The Labute approximate surface area is 95.4 Å². The fourth-order valence-electron chi connectivity index (χ4n) is 1.84.